The Morgan fingerprint density at radius 3 is 2.53 bits per heavy atom. The highest BCUT2D eigenvalue weighted by molar-refractivity contribution is 9.10. The SMILES string of the molecule is O=C1OC(c2ccc(Cl)cc2Cl)=N/C1=C/c1cc(Br)ccc1OC(=O)c1sc2cc(Br)ccc2c1Cl. The summed E-state index contributed by atoms with van der Waals surface area (Å²) in [4.78, 5) is 30.1. The standard InChI is InChI=1S/C25H10Br2Cl3NO4S/c26-12-2-6-19(34-25(33)22-21(30)16-4-1-13(27)9-20(16)36-22)11(7-12)8-18-24(32)35-23(31-18)15-5-3-14(28)10-17(15)29/h1-10H/b18-8+. The van der Waals surface area contributed by atoms with Crippen LogP contribution in [0.15, 0.2) is 74.2 Å². The molecular formula is C25H10Br2Cl3NO4S. The van der Waals surface area contributed by atoms with Crippen molar-refractivity contribution in [1.29, 1.82) is 0 Å². The van der Waals surface area contributed by atoms with Gasteiger partial charge in [0.25, 0.3) is 0 Å². The van der Waals surface area contributed by atoms with Gasteiger partial charge in [-0.25, -0.2) is 14.6 Å². The molecule has 1 aromatic heterocycles. The number of aliphatic imine (C=N–C) groups is 1. The molecule has 0 radical (unpaired) electrons. The quantitative estimate of drug-likeness (QED) is 0.122. The van der Waals surface area contributed by atoms with Gasteiger partial charge in [-0.3, -0.25) is 0 Å². The van der Waals surface area contributed by atoms with Crippen LogP contribution in [-0.2, 0) is 9.53 Å². The second kappa shape index (κ2) is 10.3. The highest BCUT2D eigenvalue weighted by Gasteiger charge is 2.27. The number of hydrogen-bond donors (Lipinski definition) is 0. The lowest BCUT2D eigenvalue weighted by Gasteiger charge is -2.08. The summed E-state index contributed by atoms with van der Waals surface area (Å²) in [6.45, 7) is 0. The molecule has 5 rings (SSSR count). The van der Waals surface area contributed by atoms with Gasteiger partial charge >= 0.3 is 11.9 Å². The van der Waals surface area contributed by atoms with Crippen LogP contribution < -0.4 is 4.74 Å². The smallest absolute Gasteiger partial charge is 0.363 e. The van der Waals surface area contributed by atoms with Crippen LogP contribution in [0.2, 0.25) is 15.1 Å². The monoisotopic (exact) mass is 683 g/mol. The zero-order chi connectivity index (χ0) is 25.6. The lowest BCUT2D eigenvalue weighted by atomic mass is 10.1. The number of nitrogens with zero attached hydrogens (tertiary/aromatic N) is 1. The highest BCUT2D eigenvalue weighted by Crippen LogP contribution is 2.38. The summed E-state index contributed by atoms with van der Waals surface area (Å²) in [5.41, 5.74) is 0.859. The third-order valence-electron chi connectivity index (χ3n) is 5.03. The van der Waals surface area contributed by atoms with Crippen LogP contribution in [0.3, 0.4) is 0 Å². The van der Waals surface area contributed by atoms with Crippen LogP contribution in [0.5, 0.6) is 5.75 Å². The first-order chi connectivity index (χ1) is 17.2. The van der Waals surface area contributed by atoms with Gasteiger partial charge in [0.05, 0.1) is 15.6 Å². The Kier molecular flexibility index (Phi) is 7.27. The molecule has 0 saturated heterocycles. The zero-order valence-electron chi connectivity index (χ0n) is 17.7. The molecule has 11 heteroatoms. The number of hydrogen-bond acceptors (Lipinski definition) is 6. The van der Waals surface area contributed by atoms with Crippen LogP contribution in [0.25, 0.3) is 16.2 Å². The molecule has 1 aliphatic heterocycles. The number of carbonyl (C=O) groups is 2. The van der Waals surface area contributed by atoms with Gasteiger partial charge < -0.3 is 9.47 Å². The molecule has 0 bridgehead atoms. The van der Waals surface area contributed by atoms with E-state index in [2.05, 4.69) is 36.9 Å². The zero-order valence-corrected chi connectivity index (χ0v) is 23.9. The Labute approximate surface area is 240 Å². The Hall–Kier alpha value is -2.20. The predicted octanol–water partition coefficient (Wildman–Crippen LogP) is 8.95. The van der Waals surface area contributed by atoms with Crippen LogP contribution >= 0.6 is 78.0 Å². The fourth-order valence-electron chi connectivity index (χ4n) is 3.38. The number of benzene rings is 3. The molecule has 36 heavy (non-hydrogen) atoms. The van der Waals surface area contributed by atoms with Gasteiger partial charge in [0.15, 0.2) is 5.70 Å². The van der Waals surface area contributed by atoms with E-state index in [0.717, 1.165) is 14.6 Å². The van der Waals surface area contributed by atoms with Crippen molar-refractivity contribution in [2.24, 2.45) is 4.99 Å². The summed E-state index contributed by atoms with van der Waals surface area (Å²) < 4.78 is 13.4. The van der Waals surface area contributed by atoms with Crippen LogP contribution in [0, 0.1) is 0 Å². The van der Waals surface area contributed by atoms with E-state index in [4.69, 9.17) is 44.3 Å². The molecule has 0 aliphatic carbocycles. The maximum absolute atomic E-state index is 13.0. The topological polar surface area (TPSA) is 65.0 Å². The normalized spacial score (nSPS) is 14.3. The second-order valence-corrected chi connectivity index (χ2v) is 11.5. The Balaban J connectivity index is 1.49. The van der Waals surface area contributed by atoms with Crippen molar-refractivity contribution in [3.8, 4) is 5.75 Å². The first kappa shape index (κ1) is 25.4. The van der Waals surface area contributed by atoms with Crippen LogP contribution in [0.4, 0.5) is 0 Å². The molecule has 180 valence electrons. The maximum Gasteiger partial charge on any atom is 0.363 e. The second-order valence-electron chi connectivity index (χ2n) is 7.42. The molecule has 0 saturated carbocycles. The van der Waals surface area contributed by atoms with E-state index >= 15 is 0 Å². The summed E-state index contributed by atoms with van der Waals surface area (Å²) in [7, 11) is 0. The fourth-order valence-corrected chi connectivity index (χ4v) is 6.18. The van der Waals surface area contributed by atoms with E-state index in [9.17, 15) is 9.59 Å². The van der Waals surface area contributed by atoms with Gasteiger partial charge in [-0.1, -0.05) is 72.7 Å². The van der Waals surface area contributed by atoms with E-state index in [1.54, 1.807) is 30.3 Å². The highest BCUT2D eigenvalue weighted by atomic mass is 79.9. The molecule has 1 aliphatic rings. The average Bonchev–Trinajstić information content (AvgIpc) is 3.34. The van der Waals surface area contributed by atoms with Gasteiger partial charge in [0.2, 0.25) is 5.90 Å². The van der Waals surface area contributed by atoms with E-state index in [1.807, 2.05) is 18.2 Å². The molecule has 5 nitrogen and oxygen atoms in total. The number of halogens is 5. The lowest BCUT2D eigenvalue weighted by Crippen LogP contribution is -2.08. The summed E-state index contributed by atoms with van der Waals surface area (Å²) in [6.07, 6.45) is 1.47. The number of thiophene rings is 1. The summed E-state index contributed by atoms with van der Waals surface area (Å²) >= 11 is 26.7. The minimum atomic E-state index is -0.675. The molecule has 2 heterocycles. The van der Waals surface area contributed by atoms with Gasteiger partial charge in [0.1, 0.15) is 10.6 Å². The van der Waals surface area contributed by atoms with Crippen molar-refractivity contribution in [1.82, 2.24) is 0 Å². The summed E-state index contributed by atoms with van der Waals surface area (Å²) in [5.74, 6) is -1.03. The van der Waals surface area contributed by atoms with Crippen molar-refractivity contribution in [3.63, 3.8) is 0 Å². The number of fused-ring (bicyclic) bond motifs is 1. The fraction of sp³-hybridized carbons (Fsp3) is 0. The predicted molar refractivity (Wildman–Crippen MR) is 151 cm³/mol. The molecule has 4 aromatic rings. The number of cyclic esters (lactones) is 1. The molecule has 3 aromatic carbocycles. The Morgan fingerprint density at radius 1 is 1.00 bits per heavy atom. The minimum absolute atomic E-state index is 0.0103. The first-order valence-corrected chi connectivity index (χ1v) is 13.6. The van der Waals surface area contributed by atoms with E-state index in [0.29, 0.717) is 30.7 Å². The van der Waals surface area contributed by atoms with Crippen molar-refractivity contribution < 1.29 is 19.1 Å². The van der Waals surface area contributed by atoms with Gasteiger partial charge in [-0.05, 0) is 54.6 Å². The van der Waals surface area contributed by atoms with E-state index in [1.165, 1.54) is 23.5 Å². The van der Waals surface area contributed by atoms with Crippen molar-refractivity contribution in [2.45, 2.75) is 0 Å². The van der Waals surface area contributed by atoms with Gasteiger partial charge in [-0.15, -0.1) is 11.3 Å². The molecule has 0 unspecified atom stereocenters. The molecule has 0 spiro atoms. The minimum Gasteiger partial charge on any atom is -0.422 e. The maximum atomic E-state index is 13.0. The number of carbonyl (C=O) groups excluding carboxylic acids is 2. The number of esters is 2. The van der Waals surface area contributed by atoms with E-state index in [-0.39, 0.29) is 22.2 Å². The van der Waals surface area contributed by atoms with Crippen LogP contribution in [-0.4, -0.2) is 17.8 Å². The number of ether oxygens (including phenoxy) is 2. The molecule has 0 amide bonds. The van der Waals surface area contributed by atoms with Crippen molar-refractivity contribution in [2.75, 3.05) is 0 Å². The summed E-state index contributed by atoms with van der Waals surface area (Å²) in [6, 6.07) is 15.3. The van der Waals surface area contributed by atoms with Gasteiger partial charge in [0, 0.05) is 29.6 Å². The molecular weight excluding hydrogens is 677 g/mol. The largest absolute Gasteiger partial charge is 0.422 e. The average molecular weight is 687 g/mol. The van der Waals surface area contributed by atoms with Crippen LogP contribution in [0.1, 0.15) is 20.8 Å². The third-order valence-corrected chi connectivity index (χ3v) is 8.20. The first-order valence-electron chi connectivity index (χ1n) is 10.1. The lowest BCUT2D eigenvalue weighted by molar-refractivity contribution is -0.129. The van der Waals surface area contributed by atoms with Crippen molar-refractivity contribution >= 4 is 112 Å². The molecule has 0 atom stereocenters. The molecule has 0 N–H and O–H groups in total. The van der Waals surface area contributed by atoms with Gasteiger partial charge in [-0.2, -0.15) is 0 Å². The summed E-state index contributed by atoms with van der Waals surface area (Å²) in [5, 5.41) is 1.81. The Bertz CT molecular complexity index is 1650. The van der Waals surface area contributed by atoms with Crippen molar-refractivity contribution in [3.05, 3.63) is 100 Å². The third kappa shape index (κ3) is 5.11. The Morgan fingerprint density at radius 2 is 1.75 bits per heavy atom. The molecule has 0 fully saturated rings. The van der Waals surface area contributed by atoms with E-state index < -0.39 is 11.9 Å². The number of rotatable bonds is 4.